The Morgan fingerprint density at radius 1 is 1.15 bits per heavy atom. The van der Waals surface area contributed by atoms with Crippen molar-refractivity contribution in [3.05, 3.63) is 58.9 Å². The lowest BCUT2D eigenvalue weighted by molar-refractivity contribution is 0.435. The van der Waals surface area contributed by atoms with Gasteiger partial charge >= 0.3 is 0 Å². The summed E-state index contributed by atoms with van der Waals surface area (Å²) in [6, 6.07) is 12.4. The summed E-state index contributed by atoms with van der Waals surface area (Å²) in [6.45, 7) is 0.676. The van der Waals surface area contributed by atoms with E-state index in [0.29, 0.717) is 23.4 Å². The van der Waals surface area contributed by atoms with Gasteiger partial charge in [0.15, 0.2) is 11.6 Å². The highest BCUT2D eigenvalue weighted by Crippen LogP contribution is 2.30. The fourth-order valence-electron chi connectivity index (χ4n) is 1.97. The van der Waals surface area contributed by atoms with Crippen LogP contribution in [-0.4, -0.2) is 6.04 Å². The summed E-state index contributed by atoms with van der Waals surface area (Å²) in [7, 11) is 0. The van der Waals surface area contributed by atoms with E-state index in [-0.39, 0.29) is 11.6 Å². The molecule has 1 aliphatic rings. The van der Waals surface area contributed by atoms with Crippen LogP contribution in [0, 0.1) is 5.82 Å². The highest BCUT2D eigenvalue weighted by molar-refractivity contribution is 6.30. The zero-order valence-corrected chi connectivity index (χ0v) is 11.7. The van der Waals surface area contributed by atoms with Crippen LogP contribution in [0.3, 0.4) is 0 Å². The molecule has 2 aromatic rings. The van der Waals surface area contributed by atoms with E-state index < -0.39 is 0 Å². The molecule has 0 saturated heterocycles. The Hall–Kier alpha value is -1.58. The van der Waals surface area contributed by atoms with Crippen LogP contribution in [0.25, 0.3) is 0 Å². The molecule has 0 aliphatic heterocycles. The average Bonchev–Trinajstić information content (AvgIpc) is 3.25. The number of hydrogen-bond acceptors (Lipinski definition) is 2. The van der Waals surface area contributed by atoms with Crippen molar-refractivity contribution in [1.82, 2.24) is 5.32 Å². The van der Waals surface area contributed by atoms with Crippen molar-refractivity contribution in [3.8, 4) is 11.5 Å². The molecule has 1 N–H and O–H groups in total. The molecule has 2 nitrogen and oxygen atoms in total. The van der Waals surface area contributed by atoms with Crippen LogP contribution in [0.2, 0.25) is 5.02 Å². The van der Waals surface area contributed by atoms with E-state index in [1.807, 2.05) is 6.07 Å². The molecule has 1 saturated carbocycles. The van der Waals surface area contributed by atoms with Gasteiger partial charge in [-0.15, -0.1) is 0 Å². The second-order valence-electron chi connectivity index (χ2n) is 4.94. The first-order valence-corrected chi connectivity index (χ1v) is 7.04. The first-order valence-electron chi connectivity index (χ1n) is 6.66. The molecule has 0 aromatic heterocycles. The predicted molar refractivity (Wildman–Crippen MR) is 77.8 cm³/mol. The summed E-state index contributed by atoms with van der Waals surface area (Å²) in [5.74, 6) is 0.485. The molecule has 0 heterocycles. The standard InChI is InChI=1S/C16H15ClFNO/c17-12-5-8-15(11(9-12)10-19-13-6-7-13)20-16-4-2-1-3-14(16)18/h1-5,8-9,13,19H,6-7,10H2. The Kier molecular flexibility index (Phi) is 3.90. The Morgan fingerprint density at radius 3 is 2.70 bits per heavy atom. The maximum atomic E-state index is 13.6. The minimum atomic E-state index is -0.372. The number of benzene rings is 2. The van der Waals surface area contributed by atoms with Gasteiger partial charge in [-0.2, -0.15) is 0 Å². The van der Waals surface area contributed by atoms with Crippen LogP contribution in [0.1, 0.15) is 18.4 Å². The van der Waals surface area contributed by atoms with Gasteiger partial charge in [-0.1, -0.05) is 23.7 Å². The van der Waals surface area contributed by atoms with Gasteiger partial charge in [-0.3, -0.25) is 0 Å². The molecule has 20 heavy (non-hydrogen) atoms. The van der Waals surface area contributed by atoms with Crippen molar-refractivity contribution in [2.75, 3.05) is 0 Å². The van der Waals surface area contributed by atoms with E-state index in [1.54, 1.807) is 30.3 Å². The lowest BCUT2D eigenvalue weighted by Crippen LogP contribution is -2.15. The molecule has 104 valence electrons. The molecule has 4 heteroatoms. The first kappa shape index (κ1) is 13.4. The van der Waals surface area contributed by atoms with Gasteiger partial charge < -0.3 is 10.1 Å². The number of nitrogens with one attached hydrogen (secondary N) is 1. The molecular formula is C16H15ClFNO. The average molecular weight is 292 g/mol. The van der Waals surface area contributed by atoms with E-state index in [0.717, 1.165) is 5.56 Å². The molecule has 0 bridgehead atoms. The highest BCUT2D eigenvalue weighted by Gasteiger charge is 2.21. The van der Waals surface area contributed by atoms with Crippen molar-refractivity contribution in [3.63, 3.8) is 0 Å². The summed E-state index contributed by atoms with van der Waals surface area (Å²) in [6.07, 6.45) is 2.42. The molecule has 0 atom stereocenters. The molecule has 0 amide bonds. The van der Waals surface area contributed by atoms with Crippen molar-refractivity contribution in [1.29, 1.82) is 0 Å². The van der Waals surface area contributed by atoms with E-state index in [1.165, 1.54) is 18.9 Å². The van der Waals surface area contributed by atoms with Crippen molar-refractivity contribution < 1.29 is 9.13 Å². The van der Waals surface area contributed by atoms with E-state index in [4.69, 9.17) is 16.3 Å². The Morgan fingerprint density at radius 2 is 1.95 bits per heavy atom. The predicted octanol–water partition coefficient (Wildman–Crippen LogP) is 4.52. The van der Waals surface area contributed by atoms with Gasteiger partial charge in [0.05, 0.1) is 0 Å². The second kappa shape index (κ2) is 5.81. The molecule has 2 aromatic carbocycles. The van der Waals surface area contributed by atoms with Crippen LogP contribution in [0.4, 0.5) is 4.39 Å². The molecule has 1 fully saturated rings. The summed E-state index contributed by atoms with van der Waals surface area (Å²) in [5, 5.41) is 4.06. The molecule has 1 aliphatic carbocycles. The number of para-hydroxylation sites is 1. The van der Waals surface area contributed by atoms with Crippen LogP contribution >= 0.6 is 11.6 Å². The van der Waals surface area contributed by atoms with Crippen LogP contribution in [-0.2, 0) is 6.54 Å². The minimum absolute atomic E-state index is 0.225. The summed E-state index contributed by atoms with van der Waals surface area (Å²) in [5.41, 5.74) is 0.938. The van der Waals surface area contributed by atoms with Gasteiger partial charge in [0.25, 0.3) is 0 Å². The fraction of sp³-hybridized carbons (Fsp3) is 0.250. The zero-order chi connectivity index (χ0) is 13.9. The Balaban J connectivity index is 1.82. The van der Waals surface area contributed by atoms with Gasteiger partial charge in [-0.25, -0.2) is 4.39 Å². The van der Waals surface area contributed by atoms with E-state index in [9.17, 15) is 4.39 Å². The van der Waals surface area contributed by atoms with Gasteiger partial charge in [-0.05, 0) is 43.2 Å². The van der Waals surface area contributed by atoms with Gasteiger partial charge in [0.1, 0.15) is 5.75 Å². The third-order valence-corrected chi connectivity index (χ3v) is 3.47. The second-order valence-corrected chi connectivity index (χ2v) is 5.38. The van der Waals surface area contributed by atoms with Gasteiger partial charge in [0.2, 0.25) is 0 Å². The molecule has 0 spiro atoms. The number of ether oxygens (including phenoxy) is 1. The summed E-state index contributed by atoms with van der Waals surface area (Å²) in [4.78, 5) is 0. The third kappa shape index (κ3) is 3.30. The topological polar surface area (TPSA) is 21.3 Å². The molecular weight excluding hydrogens is 277 g/mol. The van der Waals surface area contributed by atoms with Crippen molar-refractivity contribution in [2.45, 2.75) is 25.4 Å². The largest absolute Gasteiger partial charge is 0.454 e. The fourth-order valence-corrected chi connectivity index (χ4v) is 2.17. The molecule has 3 rings (SSSR count). The number of rotatable bonds is 5. The van der Waals surface area contributed by atoms with Crippen LogP contribution in [0.5, 0.6) is 11.5 Å². The normalized spacial score (nSPS) is 14.3. The quantitative estimate of drug-likeness (QED) is 0.874. The minimum Gasteiger partial charge on any atom is -0.454 e. The maximum Gasteiger partial charge on any atom is 0.165 e. The van der Waals surface area contributed by atoms with Crippen LogP contribution in [0.15, 0.2) is 42.5 Å². The number of hydrogen-bond donors (Lipinski definition) is 1. The number of halogens is 2. The monoisotopic (exact) mass is 291 g/mol. The van der Waals surface area contributed by atoms with E-state index in [2.05, 4.69) is 5.32 Å². The van der Waals surface area contributed by atoms with Crippen molar-refractivity contribution >= 4 is 11.6 Å². The molecule has 0 radical (unpaired) electrons. The zero-order valence-electron chi connectivity index (χ0n) is 10.9. The first-order chi connectivity index (χ1) is 9.72. The maximum absolute atomic E-state index is 13.6. The highest BCUT2D eigenvalue weighted by atomic mass is 35.5. The summed E-state index contributed by atoms with van der Waals surface area (Å²) < 4.78 is 19.3. The van der Waals surface area contributed by atoms with Gasteiger partial charge in [0, 0.05) is 23.2 Å². The lowest BCUT2D eigenvalue weighted by atomic mass is 10.2. The Labute approximate surface area is 122 Å². The van der Waals surface area contributed by atoms with E-state index >= 15 is 0 Å². The molecule has 0 unspecified atom stereocenters. The third-order valence-electron chi connectivity index (χ3n) is 3.24. The van der Waals surface area contributed by atoms with Crippen molar-refractivity contribution in [2.24, 2.45) is 0 Å². The Bertz CT molecular complexity index is 613. The smallest absolute Gasteiger partial charge is 0.165 e. The van der Waals surface area contributed by atoms with Crippen LogP contribution < -0.4 is 10.1 Å². The lowest BCUT2D eigenvalue weighted by Gasteiger charge is -2.12. The SMILES string of the molecule is Fc1ccccc1Oc1ccc(Cl)cc1CNC1CC1. The summed E-state index contributed by atoms with van der Waals surface area (Å²) >= 11 is 6.02.